The van der Waals surface area contributed by atoms with Gasteiger partial charge in [0.15, 0.2) is 5.69 Å². The number of carbonyl (C=O) groups is 1. The number of nitrogens with zero attached hydrogens (tertiary/aromatic N) is 3. The van der Waals surface area contributed by atoms with Crippen LogP contribution in [0.15, 0.2) is 54.6 Å². The van der Waals surface area contributed by atoms with Crippen LogP contribution in [-0.4, -0.2) is 33.2 Å². The summed E-state index contributed by atoms with van der Waals surface area (Å²) in [5.74, 6) is -0.336. The second-order valence-corrected chi connectivity index (χ2v) is 4.96. The molecule has 3 rings (SSSR count). The standard InChI is InChI=1S/C17H15N3O3/c1-23-14-9-7-12(8-10-14)11-15-16(17(21)22)18-19-20(15)13-5-3-2-4-6-13/h2-10H,11H2,1H3,(H,21,22). The van der Waals surface area contributed by atoms with Gasteiger partial charge in [0.05, 0.1) is 18.5 Å². The summed E-state index contributed by atoms with van der Waals surface area (Å²) in [5.41, 5.74) is 2.22. The van der Waals surface area contributed by atoms with Crippen LogP contribution in [0, 0.1) is 0 Å². The highest BCUT2D eigenvalue weighted by molar-refractivity contribution is 5.86. The van der Waals surface area contributed by atoms with Gasteiger partial charge in [-0.25, -0.2) is 9.48 Å². The van der Waals surface area contributed by atoms with Crippen molar-refractivity contribution in [1.29, 1.82) is 0 Å². The highest BCUT2D eigenvalue weighted by Gasteiger charge is 2.20. The van der Waals surface area contributed by atoms with Gasteiger partial charge in [0, 0.05) is 6.42 Å². The predicted octanol–water partition coefficient (Wildman–Crippen LogP) is 2.56. The molecular weight excluding hydrogens is 294 g/mol. The van der Waals surface area contributed by atoms with E-state index in [1.807, 2.05) is 54.6 Å². The molecule has 0 unspecified atom stereocenters. The molecule has 0 aliphatic carbocycles. The van der Waals surface area contributed by atoms with Crippen molar-refractivity contribution in [3.8, 4) is 11.4 Å². The number of para-hydroxylation sites is 1. The van der Waals surface area contributed by atoms with E-state index in [1.165, 1.54) is 0 Å². The fraction of sp³-hybridized carbons (Fsp3) is 0.118. The van der Waals surface area contributed by atoms with Gasteiger partial charge in [-0.15, -0.1) is 5.10 Å². The lowest BCUT2D eigenvalue weighted by Gasteiger charge is -2.08. The fourth-order valence-corrected chi connectivity index (χ4v) is 2.34. The Bertz CT molecular complexity index is 811. The summed E-state index contributed by atoms with van der Waals surface area (Å²) in [6.45, 7) is 0. The predicted molar refractivity (Wildman–Crippen MR) is 84.1 cm³/mol. The van der Waals surface area contributed by atoms with Gasteiger partial charge in [0.1, 0.15) is 5.75 Å². The maximum Gasteiger partial charge on any atom is 0.358 e. The number of carboxylic acid groups (broad SMARTS) is 1. The Kier molecular flexibility index (Phi) is 4.05. The van der Waals surface area contributed by atoms with E-state index in [2.05, 4.69) is 10.3 Å². The summed E-state index contributed by atoms with van der Waals surface area (Å²) in [6, 6.07) is 16.8. The van der Waals surface area contributed by atoms with Crippen molar-refractivity contribution < 1.29 is 14.6 Å². The molecule has 0 atom stereocenters. The Morgan fingerprint density at radius 1 is 1.13 bits per heavy atom. The van der Waals surface area contributed by atoms with E-state index < -0.39 is 5.97 Å². The molecule has 23 heavy (non-hydrogen) atoms. The van der Waals surface area contributed by atoms with Crippen LogP contribution in [0.3, 0.4) is 0 Å². The van der Waals surface area contributed by atoms with Gasteiger partial charge in [-0.3, -0.25) is 0 Å². The number of aromatic nitrogens is 3. The number of ether oxygens (including phenoxy) is 1. The minimum Gasteiger partial charge on any atom is -0.497 e. The van der Waals surface area contributed by atoms with Crippen molar-refractivity contribution in [1.82, 2.24) is 15.0 Å². The quantitative estimate of drug-likeness (QED) is 0.784. The summed E-state index contributed by atoms with van der Waals surface area (Å²) in [5, 5.41) is 17.2. The van der Waals surface area contributed by atoms with E-state index in [-0.39, 0.29) is 5.69 Å². The highest BCUT2D eigenvalue weighted by Crippen LogP contribution is 2.19. The van der Waals surface area contributed by atoms with Crippen LogP contribution in [0.1, 0.15) is 21.7 Å². The van der Waals surface area contributed by atoms with Gasteiger partial charge in [-0.1, -0.05) is 35.5 Å². The second kappa shape index (κ2) is 6.31. The molecule has 0 saturated carbocycles. The lowest BCUT2D eigenvalue weighted by Crippen LogP contribution is -2.07. The van der Waals surface area contributed by atoms with E-state index in [1.54, 1.807) is 11.8 Å². The SMILES string of the molecule is COc1ccc(Cc2c(C(=O)O)nnn2-c2ccccc2)cc1. The fourth-order valence-electron chi connectivity index (χ4n) is 2.34. The molecule has 1 aromatic heterocycles. The summed E-state index contributed by atoms with van der Waals surface area (Å²) >= 11 is 0. The number of carboxylic acids is 1. The van der Waals surface area contributed by atoms with Gasteiger partial charge >= 0.3 is 5.97 Å². The van der Waals surface area contributed by atoms with Crippen LogP contribution in [-0.2, 0) is 6.42 Å². The summed E-state index contributed by atoms with van der Waals surface area (Å²) in [6.07, 6.45) is 0.410. The maximum absolute atomic E-state index is 11.4. The monoisotopic (exact) mass is 309 g/mol. The molecule has 2 aromatic carbocycles. The molecule has 0 bridgehead atoms. The number of aromatic carboxylic acids is 1. The Labute approximate surface area is 133 Å². The molecule has 1 heterocycles. The van der Waals surface area contributed by atoms with Crippen molar-refractivity contribution in [3.05, 3.63) is 71.5 Å². The van der Waals surface area contributed by atoms with Crippen molar-refractivity contribution in [2.24, 2.45) is 0 Å². The first-order valence-corrected chi connectivity index (χ1v) is 7.05. The summed E-state index contributed by atoms with van der Waals surface area (Å²) in [4.78, 5) is 11.4. The van der Waals surface area contributed by atoms with Crippen LogP contribution in [0.25, 0.3) is 5.69 Å². The van der Waals surface area contributed by atoms with E-state index in [0.29, 0.717) is 12.1 Å². The Hall–Kier alpha value is -3.15. The minimum atomic E-state index is -1.09. The topological polar surface area (TPSA) is 77.2 Å². The maximum atomic E-state index is 11.4. The molecule has 0 amide bonds. The first kappa shape index (κ1) is 14.8. The molecule has 0 spiro atoms. The minimum absolute atomic E-state index is 0.0373. The molecule has 0 aliphatic heterocycles. The lowest BCUT2D eigenvalue weighted by molar-refractivity contribution is 0.0689. The third-order valence-electron chi connectivity index (χ3n) is 3.50. The van der Waals surface area contributed by atoms with Crippen molar-refractivity contribution >= 4 is 5.97 Å². The molecular formula is C17H15N3O3. The first-order valence-electron chi connectivity index (χ1n) is 7.05. The highest BCUT2D eigenvalue weighted by atomic mass is 16.5. The van der Waals surface area contributed by atoms with E-state index in [0.717, 1.165) is 17.0 Å². The average molecular weight is 309 g/mol. The largest absolute Gasteiger partial charge is 0.497 e. The zero-order valence-corrected chi connectivity index (χ0v) is 12.5. The smallest absolute Gasteiger partial charge is 0.358 e. The van der Waals surface area contributed by atoms with Gasteiger partial charge in [-0.05, 0) is 29.8 Å². The zero-order chi connectivity index (χ0) is 16.2. The van der Waals surface area contributed by atoms with Crippen LogP contribution < -0.4 is 4.74 Å². The summed E-state index contributed by atoms with van der Waals surface area (Å²) in [7, 11) is 1.60. The van der Waals surface area contributed by atoms with Crippen molar-refractivity contribution in [2.75, 3.05) is 7.11 Å². The number of rotatable bonds is 5. The van der Waals surface area contributed by atoms with Gasteiger partial charge in [-0.2, -0.15) is 0 Å². The Morgan fingerprint density at radius 2 is 1.83 bits per heavy atom. The average Bonchev–Trinajstić information content (AvgIpc) is 3.00. The lowest BCUT2D eigenvalue weighted by atomic mass is 10.1. The number of methoxy groups -OCH3 is 1. The van der Waals surface area contributed by atoms with Gasteiger partial charge < -0.3 is 9.84 Å². The van der Waals surface area contributed by atoms with E-state index in [9.17, 15) is 9.90 Å². The third-order valence-corrected chi connectivity index (χ3v) is 3.50. The third kappa shape index (κ3) is 3.06. The number of hydrogen-bond donors (Lipinski definition) is 1. The molecule has 0 aliphatic rings. The molecule has 3 aromatic rings. The van der Waals surface area contributed by atoms with Gasteiger partial charge in [0.25, 0.3) is 0 Å². The van der Waals surface area contributed by atoms with Gasteiger partial charge in [0.2, 0.25) is 0 Å². The molecule has 0 fully saturated rings. The van der Waals surface area contributed by atoms with Crippen LogP contribution in [0.5, 0.6) is 5.75 Å². The molecule has 116 valence electrons. The molecule has 0 radical (unpaired) electrons. The second-order valence-electron chi connectivity index (χ2n) is 4.96. The van der Waals surface area contributed by atoms with Crippen LogP contribution in [0.2, 0.25) is 0 Å². The number of hydrogen-bond acceptors (Lipinski definition) is 4. The van der Waals surface area contributed by atoms with E-state index >= 15 is 0 Å². The summed E-state index contributed by atoms with van der Waals surface area (Å²) < 4.78 is 6.70. The van der Waals surface area contributed by atoms with E-state index in [4.69, 9.17) is 4.74 Å². The first-order chi connectivity index (χ1) is 11.2. The van der Waals surface area contributed by atoms with Crippen molar-refractivity contribution in [3.63, 3.8) is 0 Å². The Balaban J connectivity index is 2.01. The zero-order valence-electron chi connectivity index (χ0n) is 12.5. The molecule has 1 N–H and O–H groups in total. The molecule has 6 heteroatoms. The molecule has 6 nitrogen and oxygen atoms in total. The van der Waals surface area contributed by atoms with Crippen LogP contribution in [0.4, 0.5) is 0 Å². The normalized spacial score (nSPS) is 10.5. The Morgan fingerprint density at radius 3 is 2.43 bits per heavy atom. The van der Waals surface area contributed by atoms with Crippen molar-refractivity contribution in [2.45, 2.75) is 6.42 Å². The van der Waals surface area contributed by atoms with Crippen LogP contribution >= 0.6 is 0 Å². The number of benzene rings is 2. The molecule has 0 saturated heterocycles.